The van der Waals surface area contributed by atoms with Crippen molar-refractivity contribution in [3.8, 4) is 0 Å². The Kier molecular flexibility index (Phi) is 7.15. The Hall–Kier alpha value is -3.21. The van der Waals surface area contributed by atoms with Crippen molar-refractivity contribution in [3.63, 3.8) is 0 Å². The number of anilines is 1. The van der Waals surface area contributed by atoms with E-state index in [-0.39, 0.29) is 26.8 Å². The summed E-state index contributed by atoms with van der Waals surface area (Å²) in [5.74, 6) is -1.18. The van der Waals surface area contributed by atoms with Crippen molar-refractivity contribution in [2.24, 2.45) is 5.73 Å². The second-order valence-electron chi connectivity index (χ2n) is 8.14. The van der Waals surface area contributed by atoms with Crippen LogP contribution < -0.4 is 10.5 Å². The first-order chi connectivity index (χ1) is 15.8. The predicted molar refractivity (Wildman–Crippen MR) is 129 cm³/mol. The van der Waals surface area contributed by atoms with Gasteiger partial charge in [0.05, 0.1) is 20.4 Å². The molecule has 34 heavy (non-hydrogen) atoms. The number of sulfone groups is 1. The summed E-state index contributed by atoms with van der Waals surface area (Å²) in [6.07, 6.45) is -0.0187. The van der Waals surface area contributed by atoms with E-state index in [1.807, 2.05) is 6.92 Å². The number of hydrogen-bond acceptors (Lipinski definition) is 6. The molecule has 1 atom stereocenters. The van der Waals surface area contributed by atoms with Crippen LogP contribution >= 0.6 is 0 Å². The molecule has 0 unspecified atom stereocenters. The average molecular weight is 503 g/mol. The molecule has 180 valence electrons. The predicted octanol–water partition coefficient (Wildman–Crippen LogP) is 3.20. The molecule has 0 aliphatic rings. The van der Waals surface area contributed by atoms with E-state index in [0.717, 1.165) is 11.1 Å². The Labute approximate surface area is 199 Å². The number of aliphatic carboxylic acids is 1. The van der Waals surface area contributed by atoms with Crippen molar-refractivity contribution < 1.29 is 26.7 Å². The van der Waals surface area contributed by atoms with Crippen molar-refractivity contribution >= 4 is 31.5 Å². The summed E-state index contributed by atoms with van der Waals surface area (Å²) >= 11 is 0. The average Bonchev–Trinajstić information content (AvgIpc) is 2.76. The standard InChI is InChI=1S/C24H26N2O6S2/c1-15-4-7-19(8-5-15)33(29,30)20-10-11-23(17(3)12-20)26-34(31,32)21-9-6-16(2)18(13-21)14-22(25)24(27)28/h4-13,22,26H,14,25H2,1-3H3,(H,27,28)/t22-/m0/s1. The third-order valence-electron chi connectivity index (χ3n) is 5.47. The SMILES string of the molecule is Cc1ccc(S(=O)(=O)c2ccc(NS(=O)(=O)c3ccc(C)c(C[C@H](N)C(=O)O)c3)c(C)c2)cc1. The van der Waals surface area contributed by atoms with Gasteiger partial charge in [-0.1, -0.05) is 23.8 Å². The van der Waals surface area contributed by atoms with Crippen molar-refractivity contribution in [2.75, 3.05) is 4.72 Å². The van der Waals surface area contributed by atoms with Crippen LogP contribution in [0.1, 0.15) is 22.3 Å². The number of carboxylic acids is 1. The van der Waals surface area contributed by atoms with Crippen molar-refractivity contribution in [1.82, 2.24) is 0 Å². The Bertz CT molecular complexity index is 1450. The van der Waals surface area contributed by atoms with E-state index < -0.39 is 31.9 Å². The fourth-order valence-corrected chi connectivity index (χ4v) is 5.86. The highest BCUT2D eigenvalue weighted by atomic mass is 32.2. The molecule has 0 aromatic heterocycles. The molecule has 0 heterocycles. The summed E-state index contributed by atoms with van der Waals surface area (Å²) in [7, 11) is -7.78. The molecule has 0 fully saturated rings. The number of nitrogens with one attached hydrogen (secondary N) is 1. The van der Waals surface area contributed by atoms with E-state index >= 15 is 0 Å². The van der Waals surface area contributed by atoms with E-state index in [2.05, 4.69) is 4.72 Å². The van der Waals surface area contributed by atoms with E-state index in [1.165, 1.54) is 42.5 Å². The smallest absolute Gasteiger partial charge is 0.320 e. The van der Waals surface area contributed by atoms with Gasteiger partial charge in [0, 0.05) is 0 Å². The molecule has 0 aliphatic heterocycles. The number of carboxylic acid groups (broad SMARTS) is 1. The van der Waals surface area contributed by atoms with Gasteiger partial charge in [-0.05, 0) is 86.3 Å². The molecular formula is C24H26N2O6S2. The van der Waals surface area contributed by atoms with Gasteiger partial charge in [-0.25, -0.2) is 16.8 Å². The number of benzene rings is 3. The first kappa shape index (κ1) is 25.4. The summed E-state index contributed by atoms with van der Waals surface area (Å²) in [5, 5.41) is 9.05. The normalized spacial score (nSPS) is 12.8. The van der Waals surface area contributed by atoms with Crippen molar-refractivity contribution in [2.45, 2.75) is 47.9 Å². The summed E-state index contributed by atoms with van der Waals surface area (Å²) in [4.78, 5) is 11.2. The fourth-order valence-electron chi connectivity index (χ4n) is 3.33. The van der Waals surface area contributed by atoms with Crippen LogP contribution in [0.3, 0.4) is 0 Å². The molecule has 0 radical (unpaired) electrons. The third-order valence-corrected chi connectivity index (χ3v) is 8.60. The first-order valence-electron chi connectivity index (χ1n) is 10.3. The third kappa shape index (κ3) is 5.46. The van der Waals surface area contributed by atoms with Crippen LogP contribution in [0, 0.1) is 20.8 Å². The minimum absolute atomic E-state index is 0.0187. The zero-order valence-corrected chi connectivity index (χ0v) is 20.6. The minimum Gasteiger partial charge on any atom is -0.480 e. The van der Waals surface area contributed by atoms with Gasteiger partial charge in [-0.2, -0.15) is 0 Å². The van der Waals surface area contributed by atoms with Crippen LogP contribution in [0.25, 0.3) is 0 Å². The largest absolute Gasteiger partial charge is 0.480 e. The maximum absolute atomic E-state index is 13.0. The zero-order chi connectivity index (χ0) is 25.3. The topological polar surface area (TPSA) is 144 Å². The molecule has 3 aromatic carbocycles. The van der Waals surface area contributed by atoms with Crippen LogP contribution in [-0.4, -0.2) is 34.0 Å². The molecule has 0 spiro atoms. The number of rotatable bonds is 8. The number of hydrogen-bond donors (Lipinski definition) is 3. The quantitative estimate of drug-likeness (QED) is 0.429. The first-order valence-corrected chi connectivity index (χ1v) is 13.3. The Morgan fingerprint density at radius 2 is 1.44 bits per heavy atom. The minimum atomic E-state index is -4.02. The summed E-state index contributed by atoms with van der Waals surface area (Å²) in [6.45, 7) is 5.21. The van der Waals surface area contributed by atoms with Gasteiger partial charge in [-0.3, -0.25) is 9.52 Å². The van der Waals surface area contributed by atoms with Gasteiger partial charge in [0.15, 0.2) is 0 Å². The summed E-state index contributed by atoms with van der Waals surface area (Å²) < 4.78 is 54.3. The molecule has 3 rings (SSSR count). The molecule has 8 nitrogen and oxygen atoms in total. The maximum Gasteiger partial charge on any atom is 0.320 e. The van der Waals surface area contributed by atoms with Crippen molar-refractivity contribution in [1.29, 1.82) is 0 Å². The van der Waals surface area contributed by atoms with Crippen LogP contribution in [0.4, 0.5) is 5.69 Å². The van der Waals surface area contributed by atoms with Crippen LogP contribution in [0.2, 0.25) is 0 Å². The van der Waals surface area contributed by atoms with E-state index in [9.17, 15) is 21.6 Å². The number of nitrogens with two attached hydrogens (primary N) is 1. The van der Waals surface area contributed by atoms with Crippen LogP contribution in [0.15, 0.2) is 75.4 Å². The fraction of sp³-hybridized carbons (Fsp3) is 0.208. The van der Waals surface area contributed by atoms with Crippen LogP contribution in [-0.2, 0) is 31.1 Å². The molecule has 0 saturated carbocycles. The summed E-state index contributed by atoms with van der Waals surface area (Å²) in [5.41, 5.74) is 8.42. The molecule has 0 amide bonds. The lowest BCUT2D eigenvalue weighted by Crippen LogP contribution is -2.32. The van der Waals surface area contributed by atoms with E-state index in [0.29, 0.717) is 11.1 Å². The second kappa shape index (κ2) is 9.57. The Morgan fingerprint density at radius 1 is 0.853 bits per heavy atom. The van der Waals surface area contributed by atoms with E-state index in [4.69, 9.17) is 10.8 Å². The number of aryl methyl sites for hydroxylation is 3. The van der Waals surface area contributed by atoms with Crippen LogP contribution in [0.5, 0.6) is 0 Å². The lowest BCUT2D eigenvalue weighted by Gasteiger charge is -2.15. The van der Waals surface area contributed by atoms with Crippen molar-refractivity contribution in [3.05, 3.63) is 82.9 Å². The van der Waals surface area contributed by atoms with Gasteiger partial charge in [0.1, 0.15) is 6.04 Å². The van der Waals surface area contributed by atoms with Gasteiger partial charge >= 0.3 is 5.97 Å². The molecular weight excluding hydrogens is 476 g/mol. The lowest BCUT2D eigenvalue weighted by molar-refractivity contribution is -0.138. The Balaban J connectivity index is 1.89. The molecule has 10 heteroatoms. The molecule has 0 aliphatic carbocycles. The molecule has 0 bridgehead atoms. The second-order valence-corrected chi connectivity index (χ2v) is 11.8. The van der Waals surface area contributed by atoms with Gasteiger partial charge in [0.2, 0.25) is 9.84 Å². The Morgan fingerprint density at radius 3 is 2.03 bits per heavy atom. The number of carbonyl (C=O) groups is 1. The highest BCUT2D eigenvalue weighted by molar-refractivity contribution is 7.92. The van der Waals surface area contributed by atoms with E-state index in [1.54, 1.807) is 32.0 Å². The highest BCUT2D eigenvalue weighted by Crippen LogP contribution is 2.27. The monoisotopic (exact) mass is 502 g/mol. The zero-order valence-electron chi connectivity index (χ0n) is 18.9. The highest BCUT2D eigenvalue weighted by Gasteiger charge is 2.22. The number of sulfonamides is 1. The van der Waals surface area contributed by atoms with Gasteiger partial charge < -0.3 is 10.8 Å². The molecule has 4 N–H and O–H groups in total. The lowest BCUT2D eigenvalue weighted by atomic mass is 10.0. The maximum atomic E-state index is 13.0. The summed E-state index contributed by atoms with van der Waals surface area (Å²) in [6, 6.07) is 13.9. The van der Waals surface area contributed by atoms with Gasteiger partial charge in [0.25, 0.3) is 10.0 Å². The molecule has 3 aromatic rings. The van der Waals surface area contributed by atoms with Gasteiger partial charge in [-0.15, -0.1) is 0 Å². The molecule has 0 saturated heterocycles.